The molecule has 1 heterocycles. The van der Waals surface area contributed by atoms with Crippen molar-refractivity contribution in [1.82, 2.24) is 4.90 Å². The van der Waals surface area contributed by atoms with E-state index in [-0.39, 0.29) is 27.2 Å². The van der Waals surface area contributed by atoms with Crippen LogP contribution in [0.2, 0.25) is 0 Å². The number of rotatable bonds is 3. The van der Waals surface area contributed by atoms with Crippen molar-refractivity contribution in [2.24, 2.45) is 28.4 Å². The molecular formula is C26H37ClN2O. The molecule has 3 atom stereocenters. The number of piperidine rings is 1. The van der Waals surface area contributed by atoms with Crippen molar-refractivity contribution in [3.8, 4) is 0 Å². The molecule has 0 spiro atoms. The van der Waals surface area contributed by atoms with E-state index in [1.54, 1.807) is 0 Å². The molecule has 0 aromatic heterocycles. The minimum Gasteiger partial charge on any atom is -0.342 e. The van der Waals surface area contributed by atoms with Crippen LogP contribution in [0.3, 0.4) is 0 Å². The third kappa shape index (κ3) is 2.84. The van der Waals surface area contributed by atoms with Gasteiger partial charge in [-0.05, 0) is 73.2 Å². The summed E-state index contributed by atoms with van der Waals surface area (Å²) in [5, 5.41) is 0. The molecule has 5 fully saturated rings. The van der Waals surface area contributed by atoms with Gasteiger partial charge in [0.2, 0.25) is 5.91 Å². The number of hydrogen-bond acceptors (Lipinski definition) is 2. The maximum Gasteiger partial charge on any atom is 0.228 e. The highest BCUT2D eigenvalue weighted by molar-refractivity contribution is 6.24. The van der Waals surface area contributed by atoms with Crippen LogP contribution in [0.5, 0.6) is 0 Å². The van der Waals surface area contributed by atoms with E-state index in [1.807, 2.05) is 0 Å². The summed E-state index contributed by atoms with van der Waals surface area (Å²) in [6.07, 6.45) is 7.11. The van der Waals surface area contributed by atoms with E-state index in [0.29, 0.717) is 17.7 Å². The fourth-order valence-electron chi connectivity index (χ4n) is 7.99. The van der Waals surface area contributed by atoms with Gasteiger partial charge < -0.3 is 10.6 Å². The smallest absolute Gasteiger partial charge is 0.228 e. The molecule has 1 saturated heterocycles. The van der Waals surface area contributed by atoms with Crippen LogP contribution in [0, 0.1) is 22.7 Å². The van der Waals surface area contributed by atoms with Gasteiger partial charge in [0, 0.05) is 19.1 Å². The molecule has 1 aliphatic heterocycles. The highest BCUT2D eigenvalue weighted by Crippen LogP contribution is 2.71. The van der Waals surface area contributed by atoms with Crippen LogP contribution < -0.4 is 5.73 Å². The van der Waals surface area contributed by atoms with Crippen molar-refractivity contribution >= 4 is 17.5 Å². The first-order valence-electron chi connectivity index (χ1n) is 11.9. The molecule has 3 nitrogen and oxygen atoms in total. The zero-order valence-corrected chi connectivity index (χ0v) is 19.5. The van der Waals surface area contributed by atoms with Crippen LogP contribution in [-0.4, -0.2) is 34.8 Å². The summed E-state index contributed by atoms with van der Waals surface area (Å²) in [7, 11) is 0. The number of likely N-dealkylation sites (tertiary alicyclic amines) is 1. The van der Waals surface area contributed by atoms with Crippen molar-refractivity contribution in [2.45, 2.75) is 82.0 Å². The normalized spacial score (nSPS) is 44.3. The number of carbonyl (C=O) groups is 1. The van der Waals surface area contributed by atoms with Crippen LogP contribution in [0.4, 0.5) is 0 Å². The van der Waals surface area contributed by atoms with Gasteiger partial charge >= 0.3 is 0 Å². The van der Waals surface area contributed by atoms with Gasteiger partial charge in [0.25, 0.3) is 0 Å². The van der Waals surface area contributed by atoms with Crippen molar-refractivity contribution in [1.29, 1.82) is 0 Å². The molecule has 1 aromatic carbocycles. The molecular weight excluding hydrogens is 392 g/mol. The van der Waals surface area contributed by atoms with Gasteiger partial charge in [0.05, 0.1) is 10.3 Å². The number of alkyl halides is 1. The Labute approximate surface area is 186 Å². The summed E-state index contributed by atoms with van der Waals surface area (Å²) >= 11 is 7.34. The van der Waals surface area contributed by atoms with Crippen LogP contribution in [0.15, 0.2) is 30.3 Å². The lowest BCUT2D eigenvalue weighted by atomic mass is 9.39. The van der Waals surface area contributed by atoms with Gasteiger partial charge in [-0.2, -0.15) is 0 Å². The van der Waals surface area contributed by atoms with Crippen LogP contribution >= 0.6 is 11.6 Å². The van der Waals surface area contributed by atoms with E-state index in [4.69, 9.17) is 17.3 Å². The van der Waals surface area contributed by atoms with Crippen LogP contribution in [-0.2, 0) is 10.2 Å². The highest BCUT2D eigenvalue weighted by Gasteiger charge is 2.68. The summed E-state index contributed by atoms with van der Waals surface area (Å²) in [6, 6.07) is 11.2. The topological polar surface area (TPSA) is 46.3 Å². The van der Waals surface area contributed by atoms with Gasteiger partial charge in [-0.1, -0.05) is 51.1 Å². The predicted molar refractivity (Wildman–Crippen MR) is 122 cm³/mol. The zero-order valence-electron chi connectivity index (χ0n) is 18.8. The minimum absolute atomic E-state index is 0.0208. The second-order valence-electron chi connectivity index (χ2n) is 11.7. The number of halogens is 1. The van der Waals surface area contributed by atoms with Crippen molar-refractivity contribution in [3.63, 3.8) is 0 Å². The molecule has 6 rings (SSSR count). The standard InChI is InChI=1S/C26H37ClN2O/c1-4-26(27)19-12-24(18-8-6-5-7-9-18)13-20(26)15-25(14-19,16-24)22(30)29-11-10-21(28)23(2,3)17-29/h5-9,19-21H,4,10-17,28H2,1-3H3/t19?,20?,21-,24?,25?,26?/m0/s1. The molecule has 2 N–H and O–H groups in total. The van der Waals surface area contributed by atoms with E-state index in [9.17, 15) is 4.79 Å². The third-order valence-electron chi connectivity index (χ3n) is 9.56. The maximum atomic E-state index is 14.2. The second-order valence-corrected chi connectivity index (χ2v) is 12.4. The first-order chi connectivity index (χ1) is 14.1. The largest absolute Gasteiger partial charge is 0.342 e. The van der Waals surface area contributed by atoms with Gasteiger partial charge in [0.15, 0.2) is 0 Å². The number of amides is 1. The maximum absolute atomic E-state index is 14.2. The number of hydrogen-bond donors (Lipinski definition) is 1. The van der Waals surface area contributed by atoms with Crippen molar-refractivity contribution < 1.29 is 4.79 Å². The predicted octanol–water partition coefficient (Wildman–Crippen LogP) is 5.11. The van der Waals surface area contributed by atoms with E-state index < -0.39 is 0 Å². The first-order valence-corrected chi connectivity index (χ1v) is 12.3. The molecule has 4 bridgehead atoms. The SMILES string of the molecule is CCC1(Cl)C2CC3(C(=O)N4CC[C@H](N)C(C)(C)C4)CC1CC(c1ccccc1)(C2)C3. The molecule has 5 aliphatic rings. The molecule has 2 unspecified atom stereocenters. The zero-order chi connectivity index (χ0) is 21.4. The van der Waals surface area contributed by atoms with Gasteiger partial charge in [-0.25, -0.2) is 0 Å². The molecule has 4 heteroatoms. The molecule has 1 amide bonds. The molecule has 30 heavy (non-hydrogen) atoms. The van der Waals surface area contributed by atoms with E-state index in [0.717, 1.165) is 58.0 Å². The lowest BCUT2D eigenvalue weighted by Gasteiger charge is -2.67. The Hall–Kier alpha value is -1.06. The molecule has 0 radical (unpaired) electrons. The third-order valence-corrected chi connectivity index (χ3v) is 10.4. The summed E-state index contributed by atoms with van der Waals surface area (Å²) in [6.45, 7) is 8.25. The molecule has 4 aliphatic carbocycles. The Balaban J connectivity index is 1.52. The Bertz CT molecular complexity index is 819. The van der Waals surface area contributed by atoms with E-state index in [1.165, 1.54) is 5.56 Å². The monoisotopic (exact) mass is 428 g/mol. The number of carbonyl (C=O) groups excluding carboxylic acids is 1. The molecule has 1 aromatic rings. The molecule has 164 valence electrons. The summed E-state index contributed by atoms with van der Waals surface area (Å²) < 4.78 is 0. The second kappa shape index (κ2) is 6.72. The Kier molecular flexibility index (Phi) is 4.66. The van der Waals surface area contributed by atoms with Crippen LogP contribution in [0.1, 0.15) is 71.3 Å². The fourth-order valence-corrected chi connectivity index (χ4v) is 8.29. The van der Waals surface area contributed by atoms with Crippen molar-refractivity contribution in [2.75, 3.05) is 13.1 Å². The quantitative estimate of drug-likeness (QED) is 0.680. The van der Waals surface area contributed by atoms with Gasteiger partial charge in [-0.3, -0.25) is 4.79 Å². The molecule has 4 saturated carbocycles. The number of nitrogens with zero attached hydrogens (tertiary/aromatic N) is 1. The highest BCUT2D eigenvalue weighted by atomic mass is 35.5. The summed E-state index contributed by atoms with van der Waals surface area (Å²) in [5.41, 5.74) is 7.64. The lowest BCUT2D eigenvalue weighted by molar-refractivity contribution is -0.168. The average Bonchev–Trinajstić information content (AvgIpc) is 2.73. The minimum atomic E-state index is -0.243. The van der Waals surface area contributed by atoms with Gasteiger partial charge in [-0.15, -0.1) is 11.6 Å². The average molecular weight is 429 g/mol. The van der Waals surface area contributed by atoms with Crippen molar-refractivity contribution in [3.05, 3.63) is 35.9 Å². The number of nitrogens with two attached hydrogens (primary N) is 1. The first kappa shape index (κ1) is 20.8. The van der Waals surface area contributed by atoms with Gasteiger partial charge in [0.1, 0.15) is 0 Å². The summed E-state index contributed by atoms with van der Waals surface area (Å²) in [4.78, 5) is 16.2. The van der Waals surface area contributed by atoms with E-state index in [2.05, 4.69) is 56.0 Å². The Morgan fingerprint density at radius 2 is 1.77 bits per heavy atom. The van der Waals surface area contributed by atoms with E-state index >= 15 is 0 Å². The lowest BCUT2D eigenvalue weighted by Crippen LogP contribution is -2.67. The Morgan fingerprint density at radius 1 is 1.13 bits per heavy atom. The number of benzene rings is 1. The summed E-state index contributed by atoms with van der Waals surface area (Å²) in [5.74, 6) is 1.25. The van der Waals surface area contributed by atoms with Crippen LogP contribution in [0.25, 0.3) is 0 Å². The fraction of sp³-hybridized carbons (Fsp3) is 0.731. The Morgan fingerprint density at radius 3 is 2.33 bits per heavy atom.